The number of rotatable bonds is 5. The predicted molar refractivity (Wildman–Crippen MR) is 78.6 cm³/mol. The Morgan fingerprint density at radius 2 is 1.68 bits per heavy atom. The van der Waals surface area contributed by atoms with Gasteiger partial charge in [0.05, 0.1) is 0 Å². The average Bonchev–Trinajstić information content (AvgIpc) is 2.42. The van der Waals surface area contributed by atoms with E-state index in [1.54, 1.807) is 0 Å². The highest BCUT2D eigenvalue weighted by Crippen LogP contribution is 2.16. The fraction of sp³-hybridized carbons (Fsp3) is 0.133. The van der Waals surface area contributed by atoms with Crippen LogP contribution >= 0.6 is 0 Å². The molecule has 4 nitrogen and oxygen atoms in total. The summed E-state index contributed by atoms with van der Waals surface area (Å²) in [4.78, 5) is 0. The smallest absolute Gasteiger partial charge is 0.185 e. The summed E-state index contributed by atoms with van der Waals surface area (Å²) in [5, 5.41) is 13.2. The van der Waals surface area contributed by atoms with E-state index in [1.165, 1.54) is 5.56 Å². The van der Waals surface area contributed by atoms with Crippen molar-refractivity contribution in [2.24, 2.45) is 5.73 Å². The van der Waals surface area contributed by atoms with Gasteiger partial charge in [-0.05, 0) is 42.3 Å². The topological polar surface area (TPSA) is 73.9 Å². The molecule has 0 aliphatic rings. The summed E-state index contributed by atoms with van der Waals surface area (Å²) < 4.78 is 0. The Labute approximate surface area is 113 Å². The van der Waals surface area contributed by atoms with Crippen molar-refractivity contribution in [1.82, 2.24) is 5.32 Å². The van der Waals surface area contributed by atoms with Gasteiger partial charge in [-0.2, -0.15) is 0 Å². The van der Waals surface area contributed by atoms with Crippen molar-refractivity contribution in [3.8, 4) is 0 Å². The van der Waals surface area contributed by atoms with Crippen molar-refractivity contribution in [3.63, 3.8) is 0 Å². The number of nitrogens with two attached hydrogens (primary N) is 1. The molecule has 0 spiro atoms. The quantitative estimate of drug-likeness (QED) is 0.488. The molecule has 0 amide bonds. The van der Waals surface area contributed by atoms with Crippen molar-refractivity contribution in [1.29, 1.82) is 5.41 Å². The zero-order valence-electron chi connectivity index (χ0n) is 10.6. The molecule has 5 N–H and O–H groups in total. The summed E-state index contributed by atoms with van der Waals surface area (Å²) in [5.74, 6) is 0.0131. The Balaban J connectivity index is 1.89. The number of anilines is 2. The van der Waals surface area contributed by atoms with Crippen LogP contribution in [0.1, 0.15) is 5.56 Å². The van der Waals surface area contributed by atoms with Crippen LogP contribution < -0.4 is 16.4 Å². The van der Waals surface area contributed by atoms with Gasteiger partial charge in [0.2, 0.25) is 0 Å². The molecule has 2 aromatic rings. The van der Waals surface area contributed by atoms with Crippen LogP contribution in [0.2, 0.25) is 0 Å². The normalized spacial score (nSPS) is 9.89. The number of benzene rings is 2. The molecular formula is C15H17N4. The van der Waals surface area contributed by atoms with Crippen LogP contribution in [0.5, 0.6) is 0 Å². The second-order valence-corrected chi connectivity index (χ2v) is 4.20. The summed E-state index contributed by atoms with van der Waals surface area (Å²) in [6.07, 6.45) is 0.847. The highest BCUT2D eigenvalue weighted by atomic mass is 15.0. The molecule has 0 aromatic heterocycles. The molecule has 0 saturated carbocycles. The molecule has 19 heavy (non-hydrogen) atoms. The molecule has 0 aliphatic heterocycles. The second-order valence-electron chi connectivity index (χ2n) is 4.20. The van der Waals surface area contributed by atoms with Crippen molar-refractivity contribution in [3.05, 3.63) is 60.2 Å². The van der Waals surface area contributed by atoms with Gasteiger partial charge in [0.25, 0.3) is 0 Å². The van der Waals surface area contributed by atoms with Gasteiger partial charge in [-0.15, -0.1) is 0 Å². The fourth-order valence-electron chi connectivity index (χ4n) is 1.73. The molecule has 2 rings (SSSR count). The molecular weight excluding hydrogens is 236 g/mol. The summed E-state index contributed by atoms with van der Waals surface area (Å²) in [5.41, 5.74) is 8.53. The standard InChI is InChI=1S/C15H17N4/c16-15(17)18-11-10-12-6-8-14(9-7-12)19-13-4-2-1-3-5-13/h2-9,19H,10-11H2,(H4,16,17,18). The molecule has 0 fully saturated rings. The summed E-state index contributed by atoms with van der Waals surface area (Å²) in [6, 6.07) is 18.9. The van der Waals surface area contributed by atoms with E-state index >= 15 is 0 Å². The van der Waals surface area contributed by atoms with E-state index in [9.17, 15) is 0 Å². The van der Waals surface area contributed by atoms with Crippen molar-refractivity contribution < 1.29 is 0 Å². The fourth-order valence-corrected chi connectivity index (χ4v) is 1.73. The molecule has 1 radical (unpaired) electrons. The Kier molecular flexibility index (Phi) is 4.39. The lowest BCUT2D eigenvalue weighted by atomic mass is 10.1. The first-order chi connectivity index (χ1) is 9.24. The van der Waals surface area contributed by atoms with Crippen molar-refractivity contribution >= 4 is 17.3 Å². The lowest BCUT2D eigenvalue weighted by Gasteiger charge is -2.08. The Morgan fingerprint density at radius 3 is 2.32 bits per heavy atom. The molecule has 0 aliphatic carbocycles. The van der Waals surface area contributed by atoms with E-state index in [0.29, 0.717) is 6.54 Å². The molecule has 0 saturated heterocycles. The maximum absolute atomic E-state index is 7.07. The van der Waals surface area contributed by atoms with E-state index in [4.69, 9.17) is 11.1 Å². The van der Waals surface area contributed by atoms with Gasteiger partial charge in [-0.3, -0.25) is 5.41 Å². The molecule has 4 heteroatoms. The lowest BCUT2D eigenvalue weighted by molar-refractivity contribution is 0.854. The zero-order valence-corrected chi connectivity index (χ0v) is 10.6. The van der Waals surface area contributed by atoms with Gasteiger partial charge in [-0.25, -0.2) is 0 Å². The SMILES string of the molecule is N=C(N)NCCc1ccc(Nc2cc[c]cc2)cc1. The maximum Gasteiger partial charge on any atom is 0.185 e. The van der Waals surface area contributed by atoms with Crippen LogP contribution in [0.4, 0.5) is 11.4 Å². The van der Waals surface area contributed by atoms with Gasteiger partial charge < -0.3 is 16.4 Å². The largest absolute Gasteiger partial charge is 0.370 e. The van der Waals surface area contributed by atoms with Crippen molar-refractivity contribution in [2.75, 3.05) is 11.9 Å². The summed E-state index contributed by atoms with van der Waals surface area (Å²) >= 11 is 0. The van der Waals surface area contributed by atoms with Crippen LogP contribution in [0.15, 0.2) is 48.5 Å². The lowest BCUT2D eigenvalue weighted by Crippen LogP contribution is -2.31. The van der Waals surface area contributed by atoms with E-state index < -0.39 is 0 Å². The first-order valence-corrected chi connectivity index (χ1v) is 6.14. The van der Waals surface area contributed by atoms with E-state index in [1.807, 2.05) is 36.4 Å². The van der Waals surface area contributed by atoms with Crippen LogP contribution in [-0.4, -0.2) is 12.5 Å². The first-order valence-electron chi connectivity index (χ1n) is 6.14. The molecule has 0 unspecified atom stereocenters. The van der Waals surface area contributed by atoms with E-state index in [0.717, 1.165) is 17.8 Å². The Hall–Kier alpha value is -2.49. The second kappa shape index (κ2) is 6.44. The molecule has 0 heterocycles. The highest BCUT2D eigenvalue weighted by molar-refractivity contribution is 5.74. The minimum Gasteiger partial charge on any atom is -0.370 e. The van der Waals surface area contributed by atoms with Crippen molar-refractivity contribution in [2.45, 2.75) is 6.42 Å². The van der Waals surface area contributed by atoms with E-state index in [2.05, 4.69) is 28.8 Å². The maximum atomic E-state index is 7.07. The first kappa shape index (κ1) is 13.0. The third-order valence-corrected chi connectivity index (χ3v) is 2.69. The average molecular weight is 253 g/mol. The molecule has 0 bridgehead atoms. The Morgan fingerprint density at radius 1 is 1.05 bits per heavy atom. The number of hydrogen-bond acceptors (Lipinski definition) is 2. The minimum absolute atomic E-state index is 0.0131. The van der Waals surface area contributed by atoms with Crippen LogP contribution in [0, 0.1) is 11.5 Å². The monoisotopic (exact) mass is 253 g/mol. The van der Waals surface area contributed by atoms with Crippen LogP contribution in [-0.2, 0) is 6.42 Å². The Bertz CT molecular complexity index is 520. The highest BCUT2D eigenvalue weighted by Gasteiger charge is 1.96. The third-order valence-electron chi connectivity index (χ3n) is 2.69. The summed E-state index contributed by atoms with van der Waals surface area (Å²) in [6.45, 7) is 0.677. The molecule has 0 atom stereocenters. The van der Waals surface area contributed by atoms with Gasteiger partial charge in [0.15, 0.2) is 5.96 Å². The van der Waals surface area contributed by atoms with Crippen LogP contribution in [0.25, 0.3) is 0 Å². The van der Waals surface area contributed by atoms with Crippen LogP contribution in [0.3, 0.4) is 0 Å². The van der Waals surface area contributed by atoms with Gasteiger partial charge in [-0.1, -0.05) is 24.3 Å². The number of guanidine groups is 1. The minimum atomic E-state index is 0.0131. The predicted octanol–water partition coefficient (Wildman–Crippen LogP) is 2.26. The molecule has 2 aromatic carbocycles. The zero-order chi connectivity index (χ0) is 13.5. The summed E-state index contributed by atoms with van der Waals surface area (Å²) in [7, 11) is 0. The van der Waals surface area contributed by atoms with Gasteiger partial charge in [0.1, 0.15) is 0 Å². The third kappa shape index (κ3) is 4.35. The van der Waals surface area contributed by atoms with Gasteiger partial charge in [0, 0.05) is 17.9 Å². The molecule has 97 valence electrons. The van der Waals surface area contributed by atoms with E-state index in [-0.39, 0.29) is 5.96 Å². The number of hydrogen-bond donors (Lipinski definition) is 4. The van der Waals surface area contributed by atoms with Gasteiger partial charge >= 0.3 is 0 Å². The number of nitrogens with one attached hydrogen (secondary N) is 3.